The van der Waals surface area contributed by atoms with Gasteiger partial charge in [0.2, 0.25) is 0 Å². The molecule has 0 bridgehead atoms. The number of thioether (sulfide) groups is 1. The quantitative estimate of drug-likeness (QED) is 0.583. The Morgan fingerprint density at radius 1 is 1.32 bits per heavy atom. The monoisotopic (exact) mass is 371 g/mol. The second-order valence-electron chi connectivity index (χ2n) is 4.93. The van der Waals surface area contributed by atoms with Crippen molar-refractivity contribution in [2.75, 3.05) is 11.5 Å². The fourth-order valence-electron chi connectivity index (χ4n) is 2.19. The number of benzene rings is 1. The number of carboxylic acid groups (broad SMARTS) is 1. The van der Waals surface area contributed by atoms with Crippen molar-refractivity contribution in [3.63, 3.8) is 0 Å². The van der Waals surface area contributed by atoms with Gasteiger partial charge in [-0.2, -0.15) is 0 Å². The Bertz CT molecular complexity index is 868. The van der Waals surface area contributed by atoms with Gasteiger partial charge in [-0.1, -0.05) is 42.2 Å². The van der Waals surface area contributed by atoms with Crippen LogP contribution in [-0.2, 0) is 9.59 Å². The van der Waals surface area contributed by atoms with E-state index >= 15 is 0 Å². The SMILES string of the molecule is O=C([O-])COc1ccccc1/C=C1/SC(=S)N(c2cccnc2)C1=O. The number of carboxylic acids is 1. The molecule has 0 spiro atoms. The van der Waals surface area contributed by atoms with E-state index in [0.29, 0.717) is 26.2 Å². The molecule has 1 aliphatic rings. The van der Waals surface area contributed by atoms with Crippen LogP contribution >= 0.6 is 24.0 Å². The summed E-state index contributed by atoms with van der Waals surface area (Å²) in [6.07, 6.45) is 4.80. The number of aliphatic carboxylic acids is 1. The van der Waals surface area contributed by atoms with Gasteiger partial charge in [-0.3, -0.25) is 14.7 Å². The fraction of sp³-hybridized carbons (Fsp3) is 0.0588. The van der Waals surface area contributed by atoms with E-state index in [1.165, 1.54) is 4.90 Å². The number of nitrogens with zero attached hydrogens (tertiary/aromatic N) is 2. The van der Waals surface area contributed by atoms with Crippen LogP contribution in [0.2, 0.25) is 0 Å². The van der Waals surface area contributed by atoms with E-state index in [9.17, 15) is 14.7 Å². The van der Waals surface area contributed by atoms with Crippen molar-refractivity contribution >= 4 is 51.9 Å². The van der Waals surface area contributed by atoms with Crippen molar-refractivity contribution in [2.45, 2.75) is 0 Å². The molecule has 1 aromatic carbocycles. The van der Waals surface area contributed by atoms with E-state index in [-0.39, 0.29) is 5.91 Å². The first-order chi connectivity index (χ1) is 12.1. The summed E-state index contributed by atoms with van der Waals surface area (Å²) in [6, 6.07) is 10.3. The lowest BCUT2D eigenvalue weighted by Gasteiger charge is -2.13. The Balaban J connectivity index is 1.89. The average Bonchev–Trinajstić information content (AvgIpc) is 2.88. The van der Waals surface area contributed by atoms with Gasteiger partial charge < -0.3 is 14.6 Å². The largest absolute Gasteiger partial charge is 0.546 e. The Morgan fingerprint density at radius 3 is 2.84 bits per heavy atom. The number of carbonyl (C=O) groups excluding carboxylic acids is 2. The summed E-state index contributed by atoms with van der Waals surface area (Å²) in [7, 11) is 0. The molecular weight excluding hydrogens is 360 g/mol. The molecule has 3 rings (SSSR count). The standard InChI is InChI=1S/C17H12N2O4S2/c20-15(21)10-23-13-6-2-1-4-11(13)8-14-16(22)19(17(24)25-14)12-5-3-7-18-9-12/h1-9H,10H2,(H,20,21)/p-1/b14-8+. The number of pyridine rings is 1. The zero-order valence-corrected chi connectivity index (χ0v) is 14.4. The van der Waals surface area contributed by atoms with Crippen molar-refractivity contribution in [1.29, 1.82) is 0 Å². The molecule has 0 saturated carbocycles. The summed E-state index contributed by atoms with van der Waals surface area (Å²) in [4.78, 5) is 29.1. The third-order valence-electron chi connectivity index (χ3n) is 3.25. The maximum atomic E-state index is 12.7. The predicted octanol–water partition coefficient (Wildman–Crippen LogP) is 1.62. The third-order valence-corrected chi connectivity index (χ3v) is 4.55. The van der Waals surface area contributed by atoms with Crippen molar-refractivity contribution in [1.82, 2.24) is 4.98 Å². The van der Waals surface area contributed by atoms with E-state index in [4.69, 9.17) is 17.0 Å². The van der Waals surface area contributed by atoms with E-state index in [1.54, 1.807) is 54.9 Å². The molecule has 1 fully saturated rings. The Labute approximate surface area is 153 Å². The maximum absolute atomic E-state index is 12.7. The van der Waals surface area contributed by atoms with Crippen LogP contribution in [0.4, 0.5) is 5.69 Å². The lowest BCUT2D eigenvalue weighted by atomic mass is 10.2. The van der Waals surface area contributed by atoms with Crippen LogP contribution in [0.15, 0.2) is 53.7 Å². The van der Waals surface area contributed by atoms with Gasteiger partial charge in [0.1, 0.15) is 12.4 Å². The molecule has 0 atom stereocenters. The lowest BCUT2D eigenvalue weighted by Crippen LogP contribution is -2.29. The van der Waals surface area contributed by atoms with Crippen molar-refractivity contribution in [3.8, 4) is 5.75 Å². The van der Waals surface area contributed by atoms with E-state index in [0.717, 1.165) is 11.8 Å². The molecule has 0 aliphatic carbocycles. The first-order valence-electron chi connectivity index (χ1n) is 7.16. The minimum absolute atomic E-state index is 0.266. The van der Waals surface area contributed by atoms with Crippen LogP contribution in [0.5, 0.6) is 5.75 Å². The number of ether oxygens (including phenoxy) is 1. The highest BCUT2D eigenvalue weighted by molar-refractivity contribution is 8.27. The van der Waals surface area contributed by atoms with Crippen LogP contribution in [0, 0.1) is 0 Å². The summed E-state index contributed by atoms with van der Waals surface area (Å²) in [5.74, 6) is -1.24. The average molecular weight is 371 g/mol. The number of para-hydroxylation sites is 1. The summed E-state index contributed by atoms with van der Waals surface area (Å²) in [6.45, 7) is -0.568. The van der Waals surface area contributed by atoms with Crippen molar-refractivity contribution in [2.24, 2.45) is 0 Å². The molecule has 0 radical (unpaired) electrons. The molecule has 1 aromatic heterocycles. The van der Waals surface area contributed by atoms with E-state index < -0.39 is 12.6 Å². The number of rotatable bonds is 5. The van der Waals surface area contributed by atoms with Gasteiger partial charge in [0.05, 0.1) is 22.8 Å². The molecule has 0 unspecified atom stereocenters. The number of thiocarbonyl (C=S) groups is 1. The molecule has 126 valence electrons. The highest BCUT2D eigenvalue weighted by atomic mass is 32.2. The van der Waals surface area contributed by atoms with Crippen LogP contribution in [0.25, 0.3) is 6.08 Å². The molecule has 1 amide bonds. The summed E-state index contributed by atoms with van der Waals surface area (Å²) in [5, 5.41) is 10.6. The van der Waals surface area contributed by atoms with Gasteiger partial charge in [0, 0.05) is 11.8 Å². The predicted molar refractivity (Wildman–Crippen MR) is 96.8 cm³/mol. The molecular formula is C17H11N2O4S2-. The normalized spacial score (nSPS) is 15.7. The molecule has 1 saturated heterocycles. The number of carbonyl (C=O) groups is 2. The Morgan fingerprint density at radius 2 is 2.12 bits per heavy atom. The molecule has 8 heteroatoms. The lowest BCUT2D eigenvalue weighted by molar-refractivity contribution is -0.307. The van der Waals surface area contributed by atoms with Gasteiger partial charge in [-0.25, -0.2) is 0 Å². The van der Waals surface area contributed by atoms with Crippen LogP contribution in [0.3, 0.4) is 0 Å². The zero-order valence-electron chi connectivity index (χ0n) is 12.7. The number of aromatic nitrogens is 1. The Hall–Kier alpha value is -2.71. The summed E-state index contributed by atoms with van der Waals surface area (Å²) < 4.78 is 5.60. The van der Waals surface area contributed by atoms with Gasteiger partial charge in [0.15, 0.2) is 4.32 Å². The number of anilines is 1. The smallest absolute Gasteiger partial charge is 0.270 e. The number of amides is 1. The van der Waals surface area contributed by atoms with Gasteiger partial charge in [0.25, 0.3) is 5.91 Å². The summed E-state index contributed by atoms with van der Waals surface area (Å²) >= 11 is 6.45. The first-order valence-corrected chi connectivity index (χ1v) is 8.38. The van der Waals surface area contributed by atoms with Crippen LogP contribution in [-0.4, -0.2) is 27.8 Å². The summed E-state index contributed by atoms with van der Waals surface area (Å²) in [5.41, 5.74) is 1.17. The van der Waals surface area contributed by atoms with E-state index in [1.807, 2.05) is 0 Å². The van der Waals surface area contributed by atoms with E-state index in [2.05, 4.69) is 4.98 Å². The van der Waals surface area contributed by atoms with Crippen molar-refractivity contribution in [3.05, 3.63) is 59.3 Å². The zero-order chi connectivity index (χ0) is 17.8. The molecule has 2 heterocycles. The third kappa shape index (κ3) is 3.86. The van der Waals surface area contributed by atoms with Gasteiger partial charge in [-0.15, -0.1) is 0 Å². The number of hydrogen-bond donors (Lipinski definition) is 0. The molecule has 6 nitrogen and oxygen atoms in total. The first kappa shape index (κ1) is 17.1. The van der Waals surface area contributed by atoms with Crippen LogP contribution in [0.1, 0.15) is 5.56 Å². The molecule has 1 aliphatic heterocycles. The van der Waals surface area contributed by atoms with Gasteiger partial charge >= 0.3 is 0 Å². The minimum Gasteiger partial charge on any atom is -0.546 e. The molecule has 2 aromatic rings. The highest BCUT2D eigenvalue weighted by Gasteiger charge is 2.33. The maximum Gasteiger partial charge on any atom is 0.270 e. The van der Waals surface area contributed by atoms with Gasteiger partial charge in [-0.05, 0) is 24.3 Å². The van der Waals surface area contributed by atoms with Crippen molar-refractivity contribution < 1.29 is 19.4 Å². The fourth-order valence-corrected chi connectivity index (χ4v) is 3.48. The minimum atomic E-state index is -1.32. The van der Waals surface area contributed by atoms with Crippen LogP contribution < -0.4 is 14.7 Å². The topological polar surface area (TPSA) is 82.6 Å². The highest BCUT2D eigenvalue weighted by Crippen LogP contribution is 2.36. The number of hydrogen-bond acceptors (Lipinski definition) is 7. The second kappa shape index (κ2) is 7.45. The Kier molecular flexibility index (Phi) is 5.11. The molecule has 0 N–H and O–H groups in total. The second-order valence-corrected chi connectivity index (χ2v) is 6.60. The molecule has 25 heavy (non-hydrogen) atoms.